The first-order chi connectivity index (χ1) is 11.4. The van der Waals surface area contributed by atoms with E-state index < -0.39 is 5.97 Å². The molecule has 0 unspecified atom stereocenters. The first-order valence-electron chi connectivity index (χ1n) is 7.57. The standard InChI is InChI=1S/C17H22N2O5/c1-10-11(2)14(23-3)6-5-13(10)18-15-12(17(22)24-4)9-19(7-8-20)16(15)21/h5-6,18,20H,7-9H2,1-4H3. The summed E-state index contributed by atoms with van der Waals surface area (Å²) in [5, 5.41) is 12.1. The summed E-state index contributed by atoms with van der Waals surface area (Å²) in [6, 6.07) is 3.60. The van der Waals surface area contributed by atoms with Crippen LogP contribution < -0.4 is 10.1 Å². The molecule has 1 aliphatic heterocycles. The predicted molar refractivity (Wildman–Crippen MR) is 88.8 cm³/mol. The second-order valence-electron chi connectivity index (χ2n) is 5.49. The topological polar surface area (TPSA) is 88.1 Å². The fourth-order valence-corrected chi connectivity index (χ4v) is 2.64. The van der Waals surface area contributed by atoms with Gasteiger partial charge in [-0.1, -0.05) is 0 Å². The summed E-state index contributed by atoms with van der Waals surface area (Å²) in [4.78, 5) is 25.9. The zero-order valence-electron chi connectivity index (χ0n) is 14.3. The number of aliphatic hydroxyl groups is 1. The third kappa shape index (κ3) is 3.21. The maximum Gasteiger partial charge on any atom is 0.337 e. The minimum absolute atomic E-state index is 0.114. The predicted octanol–water partition coefficient (Wildman–Crippen LogP) is 0.986. The van der Waals surface area contributed by atoms with Gasteiger partial charge in [-0.3, -0.25) is 4.79 Å². The second kappa shape index (κ2) is 7.35. The molecule has 130 valence electrons. The van der Waals surface area contributed by atoms with Gasteiger partial charge in [-0.25, -0.2) is 4.79 Å². The van der Waals surface area contributed by atoms with Crippen molar-refractivity contribution in [2.45, 2.75) is 13.8 Å². The quantitative estimate of drug-likeness (QED) is 0.754. The van der Waals surface area contributed by atoms with Crippen molar-refractivity contribution in [3.8, 4) is 5.75 Å². The summed E-state index contributed by atoms with van der Waals surface area (Å²) in [6.07, 6.45) is 0. The molecule has 2 N–H and O–H groups in total. The van der Waals surface area contributed by atoms with Crippen molar-refractivity contribution < 1.29 is 24.2 Å². The summed E-state index contributed by atoms with van der Waals surface area (Å²) >= 11 is 0. The van der Waals surface area contributed by atoms with Gasteiger partial charge < -0.3 is 24.8 Å². The van der Waals surface area contributed by atoms with Crippen molar-refractivity contribution in [2.24, 2.45) is 0 Å². The van der Waals surface area contributed by atoms with Crippen LogP contribution in [0.1, 0.15) is 11.1 Å². The van der Waals surface area contributed by atoms with Gasteiger partial charge in [-0.15, -0.1) is 0 Å². The number of β-amino-alcohol motifs (C(OH)–C–C–N with tert-alkyl or cyclic N) is 1. The lowest BCUT2D eigenvalue weighted by Crippen LogP contribution is -2.31. The molecule has 7 heteroatoms. The molecule has 1 heterocycles. The van der Waals surface area contributed by atoms with Crippen LogP contribution in [-0.2, 0) is 14.3 Å². The third-order valence-electron chi connectivity index (χ3n) is 4.17. The monoisotopic (exact) mass is 334 g/mol. The van der Waals surface area contributed by atoms with Gasteiger partial charge in [0.25, 0.3) is 5.91 Å². The molecule has 0 fully saturated rings. The fourth-order valence-electron chi connectivity index (χ4n) is 2.64. The molecule has 1 amide bonds. The number of anilines is 1. The van der Waals surface area contributed by atoms with Crippen LogP contribution in [0.5, 0.6) is 5.75 Å². The lowest BCUT2D eigenvalue weighted by atomic mass is 10.1. The highest BCUT2D eigenvalue weighted by Gasteiger charge is 2.34. The maximum absolute atomic E-state index is 12.5. The van der Waals surface area contributed by atoms with Crippen molar-refractivity contribution >= 4 is 17.6 Å². The summed E-state index contributed by atoms with van der Waals surface area (Å²) in [5.74, 6) is -0.147. The average molecular weight is 334 g/mol. The molecule has 0 spiro atoms. The second-order valence-corrected chi connectivity index (χ2v) is 5.49. The molecule has 0 aromatic heterocycles. The van der Waals surface area contributed by atoms with Crippen molar-refractivity contribution in [3.63, 3.8) is 0 Å². The Hall–Kier alpha value is -2.54. The SMILES string of the molecule is COC(=O)C1=C(Nc2ccc(OC)c(C)c2C)C(=O)N(CCO)C1. The van der Waals surface area contributed by atoms with Crippen LogP contribution in [-0.4, -0.2) is 55.8 Å². The largest absolute Gasteiger partial charge is 0.496 e. The first kappa shape index (κ1) is 17.8. The summed E-state index contributed by atoms with van der Waals surface area (Å²) in [6.45, 7) is 3.93. The normalized spacial score (nSPS) is 14.2. The van der Waals surface area contributed by atoms with Crippen molar-refractivity contribution in [3.05, 3.63) is 34.5 Å². The molecular weight excluding hydrogens is 312 g/mol. The number of rotatable bonds is 6. The first-order valence-corrected chi connectivity index (χ1v) is 7.57. The van der Waals surface area contributed by atoms with E-state index in [9.17, 15) is 9.59 Å². The van der Waals surface area contributed by atoms with Crippen LogP contribution in [0.25, 0.3) is 0 Å². The number of ether oxygens (including phenoxy) is 2. The number of benzene rings is 1. The Bertz CT molecular complexity index is 696. The van der Waals surface area contributed by atoms with Crippen molar-refractivity contribution in [2.75, 3.05) is 39.2 Å². The Morgan fingerprint density at radius 3 is 2.58 bits per heavy atom. The zero-order chi connectivity index (χ0) is 17.9. The number of amides is 1. The Kier molecular flexibility index (Phi) is 5.46. The van der Waals surface area contributed by atoms with Gasteiger partial charge in [0, 0.05) is 12.2 Å². The van der Waals surface area contributed by atoms with Crippen LogP contribution in [0.3, 0.4) is 0 Å². The number of hydrogen-bond acceptors (Lipinski definition) is 6. The highest BCUT2D eigenvalue weighted by molar-refractivity contribution is 6.08. The Balaban J connectivity index is 2.39. The molecule has 0 atom stereocenters. The Labute approximate surface area is 140 Å². The van der Waals surface area contributed by atoms with Crippen LogP contribution in [0, 0.1) is 13.8 Å². The van der Waals surface area contributed by atoms with Crippen LogP contribution in [0.15, 0.2) is 23.4 Å². The van der Waals surface area contributed by atoms with E-state index in [-0.39, 0.29) is 36.9 Å². The molecule has 1 aromatic rings. The van der Waals surface area contributed by atoms with Crippen LogP contribution >= 0.6 is 0 Å². The lowest BCUT2D eigenvalue weighted by Gasteiger charge is -2.17. The smallest absolute Gasteiger partial charge is 0.337 e. The number of esters is 1. The summed E-state index contributed by atoms with van der Waals surface area (Å²) in [7, 11) is 2.87. The fraction of sp³-hybridized carbons (Fsp3) is 0.412. The van der Waals surface area contributed by atoms with Crippen LogP contribution in [0.2, 0.25) is 0 Å². The van der Waals surface area contributed by atoms with E-state index in [2.05, 4.69) is 5.32 Å². The lowest BCUT2D eigenvalue weighted by molar-refractivity contribution is -0.136. The summed E-state index contributed by atoms with van der Waals surface area (Å²) in [5.41, 5.74) is 3.01. The molecule has 0 saturated heterocycles. The molecule has 1 aromatic carbocycles. The number of carbonyl (C=O) groups is 2. The van der Waals surface area contributed by atoms with E-state index in [4.69, 9.17) is 14.6 Å². The van der Waals surface area contributed by atoms with Gasteiger partial charge in [0.2, 0.25) is 0 Å². The van der Waals surface area contributed by atoms with Gasteiger partial charge in [0.05, 0.1) is 32.9 Å². The average Bonchev–Trinajstić information content (AvgIpc) is 2.88. The molecule has 7 nitrogen and oxygen atoms in total. The molecule has 0 bridgehead atoms. The van der Waals surface area contributed by atoms with E-state index in [0.29, 0.717) is 5.69 Å². The minimum atomic E-state index is -0.561. The van der Waals surface area contributed by atoms with Gasteiger partial charge in [0.15, 0.2) is 0 Å². The van der Waals surface area contributed by atoms with E-state index in [1.807, 2.05) is 13.8 Å². The van der Waals surface area contributed by atoms with E-state index >= 15 is 0 Å². The molecule has 1 aliphatic rings. The molecule has 0 radical (unpaired) electrons. The molecule has 0 saturated carbocycles. The number of nitrogens with zero attached hydrogens (tertiary/aromatic N) is 1. The van der Waals surface area contributed by atoms with E-state index in [1.165, 1.54) is 12.0 Å². The number of nitrogens with one attached hydrogen (secondary N) is 1. The Morgan fingerprint density at radius 2 is 2.00 bits per heavy atom. The number of hydrogen-bond donors (Lipinski definition) is 2. The van der Waals surface area contributed by atoms with Gasteiger partial charge in [-0.05, 0) is 37.1 Å². The molecule has 2 rings (SSSR count). The Morgan fingerprint density at radius 1 is 1.29 bits per heavy atom. The highest BCUT2D eigenvalue weighted by Crippen LogP contribution is 2.30. The molecule has 24 heavy (non-hydrogen) atoms. The van der Waals surface area contributed by atoms with E-state index in [0.717, 1.165) is 16.9 Å². The summed E-state index contributed by atoms with van der Waals surface area (Å²) < 4.78 is 10.0. The van der Waals surface area contributed by atoms with Gasteiger partial charge in [0.1, 0.15) is 11.4 Å². The maximum atomic E-state index is 12.5. The third-order valence-corrected chi connectivity index (χ3v) is 4.17. The molecular formula is C17H22N2O5. The molecule has 0 aliphatic carbocycles. The van der Waals surface area contributed by atoms with Crippen molar-refractivity contribution in [1.29, 1.82) is 0 Å². The van der Waals surface area contributed by atoms with Crippen molar-refractivity contribution in [1.82, 2.24) is 4.90 Å². The zero-order valence-corrected chi connectivity index (χ0v) is 14.3. The van der Waals surface area contributed by atoms with E-state index in [1.54, 1.807) is 19.2 Å². The van der Waals surface area contributed by atoms with Gasteiger partial charge >= 0.3 is 5.97 Å². The van der Waals surface area contributed by atoms with Crippen LogP contribution in [0.4, 0.5) is 5.69 Å². The number of aliphatic hydroxyl groups excluding tert-OH is 1. The highest BCUT2D eigenvalue weighted by atomic mass is 16.5. The number of methoxy groups -OCH3 is 2. The minimum Gasteiger partial charge on any atom is -0.496 e. The van der Waals surface area contributed by atoms with Gasteiger partial charge in [-0.2, -0.15) is 0 Å². The number of carbonyl (C=O) groups excluding carboxylic acids is 2.